The summed E-state index contributed by atoms with van der Waals surface area (Å²) in [5, 5.41) is 1.70. The van der Waals surface area contributed by atoms with Crippen molar-refractivity contribution in [3.8, 4) is 5.75 Å². The first-order chi connectivity index (χ1) is 13.2. The van der Waals surface area contributed by atoms with Crippen LogP contribution in [0.25, 0.3) is 0 Å². The Hall–Kier alpha value is -1.58. The summed E-state index contributed by atoms with van der Waals surface area (Å²) in [5.74, 6) is 1.04. The van der Waals surface area contributed by atoms with Gasteiger partial charge in [-0.15, -0.1) is 0 Å². The predicted octanol–water partition coefficient (Wildman–Crippen LogP) is 5.72. The molecule has 28 heavy (non-hydrogen) atoms. The molecule has 0 N–H and O–H groups in total. The molecule has 9 heteroatoms. The molecule has 0 bridgehead atoms. The summed E-state index contributed by atoms with van der Waals surface area (Å²) in [6, 6.07) is 11.8. The lowest BCUT2D eigenvalue weighted by atomic mass is 10.1. The summed E-state index contributed by atoms with van der Waals surface area (Å²) in [6.45, 7) is 0. The molecule has 2 aromatic rings. The average Bonchev–Trinajstić information content (AvgIpc) is 2.64. The summed E-state index contributed by atoms with van der Waals surface area (Å²) >= 11 is 0. The molecule has 0 heterocycles. The fourth-order valence-electron chi connectivity index (χ4n) is 2.29. The molecule has 0 saturated heterocycles. The van der Waals surface area contributed by atoms with E-state index in [4.69, 9.17) is 4.74 Å². The van der Waals surface area contributed by atoms with Crippen LogP contribution >= 0.6 is 21.6 Å². The van der Waals surface area contributed by atoms with Crippen molar-refractivity contribution in [2.24, 2.45) is 0 Å². The van der Waals surface area contributed by atoms with Crippen LogP contribution in [0.1, 0.15) is 16.7 Å². The number of benzene rings is 2. The van der Waals surface area contributed by atoms with E-state index in [-0.39, 0.29) is 11.5 Å². The normalized spacial score (nSPS) is 12.4. The Kier molecular flexibility index (Phi) is 8.33. The molecule has 0 unspecified atom stereocenters. The summed E-state index contributed by atoms with van der Waals surface area (Å²) < 4.78 is 67.1. The molecule has 0 atom stereocenters. The lowest BCUT2D eigenvalue weighted by Crippen LogP contribution is -2.08. The molecule has 2 aromatic carbocycles. The van der Waals surface area contributed by atoms with Crippen molar-refractivity contribution in [3.63, 3.8) is 0 Å². The first kappa shape index (κ1) is 22.7. The van der Waals surface area contributed by atoms with Gasteiger partial charge in [0.05, 0.1) is 24.2 Å². The van der Waals surface area contributed by atoms with Crippen LogP contribution in [0.3, 0.4) is 0 Å². The van der Waals surface area contributed by atoms with E-state index >= 15 is 0 Å². The molecular formula is C19H19F3O3S3. The molecule has 0 aliphatic carbocycles. The average molecular weight is 449 g/mol. The second-order valence-corrected chi connectivity index (χ2v) is 10.2. The molecule has 0 aliphatic rings. The van der Waals surface area contributed by atoms with Crippen molar-refractivity contribution in [1.82, 2.24) is 0 Å². The number of sulfone groups is 1. The summed E-state index contributed by atoms with van der Waals surface area (Å²) in [5.41, 5.74) is 0.586. The highest BCUT2D eigenvalue weighted by molar-refractivity contribution is 8.77. The van der Waals surface area contributed by atoms with Gasteiger partial charge in [0.2, 0.25) is 0 Å². The molecule has 0 aliphatic heterocycles. The van der Waals surface area contributed by atoms with Gasteiger partial charge in [-0.2, -0.15) is 13.2 Å². The smallest absolute Gasteiger partial charge is 0.416 e. The first-order valence-electron chi connectivity index (χ1n) is 8.13. The minimum atomic E-state index is -4.43. The lowest BCUT2D eigenvalue weighted by Gasteiger charge is -2.07. The van der Waals surface area contributed by atoms with E-state index in [0.717, 1.165) is 23.4 Å². The fourth-order valence-corrected chi connectivity index (χ4v) is 5.36. The number of hydrogen-bond acceptors (Lipinski definition) is 5. The third-order valence-corrected chi connectivity index (χ3v) is 7.08. The van der Waals surface area contributed by atoms with Gasteiger partial charge in [-0.05, 0) is 29.2 Å². The minimum Gasteiger partial charge on any atom is -0.496 e. The van der Waals surface area contributed by atoms with Crippen LogP contribution in [-0.2, 0) is 27.5 Å². The quantitative estimate of drug-likeness (QED) is 0.362. The van der Waals surface area contributed by atoms with Crippen LogP contribution in [0.5, 0.6) is 5.75 Å². The van der Waals surface area contributed by atoms with Gasteiger partial charge < -0.3 is 4.74 Å². The number of ether oxygens (including phenoxy) is 1. The second kappa shape index (κ2) is 10.3. The van der Waals surface area contributed by atoms with Crippen molar-refractivity contribution < 1.29 is 26.3 Å². The Labute approximate surface area is 170 Å². The van der Waals surface area contributed by atoms with Crippen molar-refractivity contribution in [3.05, 3.63) is 76.7 Å². The van der Waals surface area contributed by atoms with Gasteiger partial charge >= 0.3 is 6.18 Å². The maximum absolute atomic E-state index is 12.5. The molecule has 0 spiro atoms. The molecule has 3 nitrogen and oxygen atoms in total. The van der Waals surface area contributed by atoms with Crippen molar-refractivity contribution in [2.45, 2.75) is 17.7 Å². The largest absolute Gasteiger partial charge is 0.496 e. The van der Waals surface area contributed by atoms with Crippen LogP contribution in [-0.4, -0.2) is 21.3 Å². The number of methoxy groups -OCH3 is 1. The molecule has 0 saturated carbocycles. The van der Waals surface area contributed by atoms with Crippen molar-refractivity contribution in [1.29, 1.82) is 0 Å². The Morgan fingerprint density at radius 1 is 1.07 bits per heavy atom. The molecule has 0 fully saturated rings. The molecule has 152 valence electrons. The molecule has 0 radical (unpaired) electrons. The number of alkyl halides is 3. The summed E-state index contributed by atoms with van der Waals surface area (Å²) in [6.07, 6.45) is -2.89. The number of hydrogen-bond donors (Lipinski definition) is 0. The number of rotatable bonds is 9. The maximum atomic E-state index is 12.5. The highest BCUT2D eigenvalue weighted by Crippen LogP contribution is 2.31. The number of halogens is 3. The molecule has 2 rings (SSSR count). The highest BCUT2D eigenvalue weighted by Gasteiger charge is 2.30. The maximum Gasteiger partial charge on any atom is 0.416 e. The van der Waals surface area contributed by atoms with Crippen LogP contribution < -0.4 is 4.74 Å². The van der Waals surface area contributed by atoms with Crippen molar-refractivity contribution >= 4 is 31.4 Å². The van der Waals surface area contributed by atoms with Crippen LogP contribution in [0.15, 0.2) is 60.0 Å². The Morgan fingerprint density at radius 2 is 1.75 bits per heavy atom. The van der Waals surface area contributed by atoms with Gasteiger partial charge in [-0.25, -0.2) is 8.42 Å². The Bertz CT molecular complexity index is 893. The summed E-state index contributed by atoms with van der Waals surface area (Å²) in [7, 11) is 1.12. The molecule has 0 aromatic heterocycles. The predicted molar refractivity (Wildman–Crippen MR) is 110 cm³/mol. The Morgan fingerprint density at radius 3 is 2.39 bits per heavy atom. The summed E-state index contributed by atoms with van der Waals surface area (Å²) in [4.78, 5) is 0. The van der Waals surface area contributed by atoms with Crippen molar-refractivity contribution in [2.75, 3.05) is 12.9 Å². The zero-order valence-corrected chi connectivity index (χ0v) is 17.4. The molecule has 0 amide bonds. The van der Waals surface area contributed by atoms with E-state index in [1.807, 2.05) is 24.3 Å². The first-order valence-corrected chi connectivity index (χ1v) is 12.3. The van der Waals surface area contributed by atoms with Crippen LogP contribution in [0.4, 0.5) is 13.2 Å². The van der Waals surface area contributed by atoms with Crippen LogP contribution in [0.2, 0.25) is 0 Å². The van der Waals surface area contributed by atoms with E-state index in [2.05, 4.69) is 0 Å². The third kappa shape index (κ3) is 7.44. The fraction of sp³-hybridized carbons (Fsp3) is 0.263. The molecular weight excluding hydrogens is 429 g/mol. The van der Waals surface area contributed by atoms with E-state index in [9.17, 15) is 21.6 Å². The zero-order chi connectivity index (χ0) is 20.6. The van der Waals surface area contributed by atoms with Gasteiger partial charge in [0.15, 0.2) is 9.84 Å². The SMILES string of the molecule is COc1ccccc1CSS/C=C\CS(=O)(=O)Cc1ccc(C(F)(F)F)cc1. The van der Waals surface area contributed by atoms with Gasteiger partial charge in [-0.3, -0.25) is 0 Å². The lowest BCUT2D eigenvalue weighted by molar-refractivity contribution is -0.137. The third-order valence-electron chi connectivity index (χ3n) is 3.64. The number of para-hydroxylation sites is 1. The van der Waals surface area contributed by atoms with Gasteiger partial charge in [0.25, 0.3) is 0 Å². The highest BCUT2D eigenvalue weighted by atomic mass is 33.1. The van der Waals surface area contributed by atoms with E-state index in [1.165, 1.54) is 22.9 Å². The monoisotopic (exact) mass is 448 g/mol. The zero-order valence-electron chi connectivity index (χ0n) is 15.0. The standard InChI is InChI=1S/C19H19F3O3S3/c1-25-18-6-3-2-5-16(18)13-27-26-11-4-12-28(23,24)14-15-7-9-17(10-8-15)19(20,21)22/h2-11H,12-14H2,1H3/b11-4-. The van der Waals surface area contributed by atoms with Crippen LogP contribution in [0, 0.1) is 0 Å². The topological polar surface area (TPSA) is 43.4 Å². The van der Waals surface area contributed by atoms with Gasteiger partial charge in [0.1, 0.15) is 5.75 Å². The van der Waals surface area contributed by atoms with E-state index in [1.54, 1.807) is 29.4 Å². The van der Waals surface area contributed by atoms with Gasteiger partial charge in [-0.1, -0.05) is 58.0 Å². The van der Waals surface area contributed by atoms with Gasteiger partial charge in [0, 0.05) is 11.3 Å². The second-order valence-electron chi connectivity index (χ2n) is 5.79. The Balaban J connectivity index is 1.79. The van der Waals surface area contributed by atoms with E-state index in [0.29, 0.717) is 11.3 Å². The van der Waals surface area contributed by atoms with E-state index < -0.39 is 21.6 Å². The minimum absolute atomic E-state index is 0.170.